The Morgan fingerprint density at radius 2 is 1.90 bits per heavy atom. The predicted octanol–water partition coefficient (Wildman–Crippen LogP) is 3.02. The highest BCUT2D eigenvalue weighted by molar-refractivity contribution is 5.85. The summed E-state index contributed by atoms with van der Waals surface area (Å²) >= 11 is 0. The van der Waals surface area contributed by atoms with Gasteiger partial charge in [-0.25, -0.2) is 0 Å². The van der Waals surface area contributed by atoms with Crippen LogP contribution in [-0.4, -0.2) is 29.9 Å². The summed E-state index contributed by atoms with van der Waals surface area (Å²) in [6.45, 7) is 6.19. The van der Waals surface area contributed by atoms with Gasteiger partial charge < -0.3 is 10.6 Å². The summed E-state index contributed by atoms with van der Waals surface area (Å²) in [5.74, 6) is 0.109. The third kappa shape index (κ3) is 4.21. The first kappa shape index (κ1) is 18.0. The van der Waals surface area contributed by atoms with Gasteiger partial charge in [0.05, 0.1) is 6.04 Å². The van der Waals surface area contributed by atoms with E-state index in [1.165, 1.54) is 0 Å². The molecule has 0 radical (unpaired) electrons. The van der Waals surface area contributed by atoms with E-state index in [0.717, 1.165) is 37.9 Å². The fraction of sp³-hybridized carbons (Fsp3) is 0.588. The number of amides is 1. The Kier molecular flexibility index (Phi) is 6.69. The average Bonchev–Trinajstić information content (AvgIpc) is 2.92. The highest BCUT2D eigenvalue weighted by Crippen LogP contribution is 2.37. The number of benzene rings is 1. The van der Waals surface area contributed by atoms with Crippen LogP contribution in [0.25, 0.3) is 0 Å². The molecule has 1 aromatic carbocycles. The molecule has 1 fully saturated rings. The molecule has 1 aliphatic heterocycles. The third-order valence-electron chi connectivity index (χ3n) is 4.87. The molecule has 3 nitrogen and oxygen atoms in total. The Balaban J connectivity index is 0.00000220. The monoisotopic (exact) mass is 310 g/mol. The number of halogens is 1. The minimum absolute atomic E-state index is 0. The first-order valence-corrected chi connectivity index (χ1v) is 7.68. The first-order chi connectivity index (χ1) is 9.60. The molecule has 1 aromatic rings. The van der Waals surface area contributed by atoms with Crippen LogP contribution < -0.4 is 5.73 Å². The summed E-state index contributed by atoms with van der Waals surface area (Å²) in [4.78, 5) is 14.4. The van der Waals surface area contributed by atoms with Crippen molar-refractivity contribution in [2.75, 3.05) is 13.1 Å². The van der Waals surface area contributed by atoms with Crippen LogP contribution >= 0.6 is 12.4 Å². The molecule has 0 aliphatic carbocycles. The predicted molar refractivity (Wildman–Crippen MR) is 89.6 cm³/mol. The zero-order valence-corrected chi connectivity index (χ0v) is 13.9. The van der Waals surface area contributed by atoms with Gasteiger partial charge >= 0.3 is 0 Å². The summed E-state index contributed by atoms with van der Waals surface area (Å²) in [5.41, 5.74) is 7.56. The Labute approximate surface area is 134 Å². The molecule has 1 saturated heterocycles. The van der Waals surface area contributed by atoms with Gasteiger partial charge in [-0.15, -0.1) is 12.4 Å². The van der Waals surface area contributed by atoms with E-state index in [0.29, 0.717) is 11.8 Å². The minimum Gasteiger partial charge on any atom is -0.341 e. The van der Waals surface area contributed by atoms with Crippen molar-refractivity contribution in [2.24, 2.45) is 11.1 Å². The summed E-state index contributed by atoms with van der Waals surface area (Å²) in [5, 5.41) is 0. The van der Waals surface area contributed by atoms with Crippen LogP contribution in [0.3, 0.4) is 0 Å². The first-order valence-electron chi connectivity index (χ1n) is 7.68. The molecule has 1 aliphatic rings. The number of rotatable bonds is 5. The molecule has 118 valence electrons. The van der Waals surface area contributed by atoms with Crippen LogP contribution in [0.4, 0.5) is 0 Å². The molecule has 0 unspecified atom stereocenters. The molecular formula is C17H27ClN2O. The second-order valence-electron chi connectivity index (χ2n) is 6.01. The van der Waals surface area contributed by atoms with Gasteiger partial charge in [0.15, 0.2) is 0 Å². The van der Waals surface area contributed by atoms with E-state index in [1.54, 1.807) is 0 Å². The second-order valence-corrected chi connectivity index (χ2v) is 6.01. The van der Waals surface area contributed by atoms with E-state index in [4.69, 9.17) is 5.73 Å². The molecule has 0 aromatic heterocycles. The van der Waals surface area contributed by atoms with Crippen LogP contribution in [0, 0.1) is 5.41 Å². The van der Waals surface area contributed by atoms with Gasteiger partial charge in [-0.1, -0.05) is 44.2 Å². The number of hydrogen-bond donors (Lipinski definition) is 1. The second kappa shape index (κ2) is 7.81. The van der Waals surface area contributed by atoms with Crippen LogP contribution in [-0.2, 0) is 11.2 Å². The third-order valence-corrected chi connectivity index (χ3v) is 4.87. The van der Waals surface area contributed by atoms with Crippen molar-refractivity contribution in [3.8, 4) is 0 Å². The molecule has 2 N–H and O–H groups in total. The van der Waals surface area contributed by atoms with Crippen molar-refractivity contribution in [1.82, 2.24) is 4.90 Å². The van der Waals surface area contributed by atoms with Crippen molar-refractivity contribution < 1.29 is 4.79 Å². The lowest BCUT2D eigenvalue weighted by atomic mass is 9.82. The van der Waals surface area contributed by atoms with E-state index in [-0.39, 0.29) is 18.3 Å². The van der Waals surface area contributed by atoms with E-state index in [2.05, 4.69) is 13.8 Å². The van der Waals surface area contributed by atoms with Gasteiger partial charge in [-0.05, 0) is 36.7 Å². The lowest BCUT2D eigenvalue weighted by molar-refractivity contribution is -0.131. The Hall–Kier alpha value is -1.06. The Morgan fingerprint density at radius 1 is 1.29 bits per heavy atom. The maximum absolute atomic E-state index is 12.5. The van der Waals surface area contributed by atoms with Gasteiger partial charge in [0, 0.05) is 13.1 Å². The van der Waals surface area contributed by atoms with Gasteiger partial charge in [-0.2, -0.15) is 0 Å². The van der Waals surface area contributed by atoms with E-state index in [9.17, 15) is 4.79 Å². The molecule has 0 saturated carbocycles. The molecule has 4 heteroatoms. The largest absolute Gasteiger partial charge is 0.341 e. The van der Waals surface area contributed by atoms with Crippen molar-refractivity contribution >= 4 is 18.3 Å². The zero-order valence-electron chi connectivity index (χ0n) is 13.0. The van der Waals surface area contributed by atoms with Gasteiger partial charge in [0.25, 0.3) is 0 Å². The number of carbonyl (C=O) groups excluding carboxylic acids is 1. The summed E-state index contributed by atoms with van der Waals surface area (Å²) in [6, 6.07) is 9.60. The number of hydrogen-bond acceptors (Lipinski definition) is 2. The van der Waals surface area contributed by atoms with Crippen LogP contribution in [0.5, 0.6) is 0 Å². The number of carbonyl (C=O) groups is 1. The van der Waals surface area contributed by atoms with Crippen LogP contribution in [0.2, 0.25) is 0 Å². The smallest absolute Gasteiger partial charge is 0.239 e. The highest BCUT2D eigenvalue weighted by Gasteiger charge is 2.38. The van der Waals surface area contributed by atoms with Gasteiger partial charge in [0.1, 0.15) is 0 Å². The molecule has 0 spiro atoms. The van der Waals surface area contributed by atoms with Crippen molar-refractivity contribution in [2.45, 2.75) is 45.6 Å². The van der Waals surface area contributed by atoms with E-state index < -0.39 is 6.04 Å². The molecule has 1 atom stereocenters. The quantitative estimate of drug-likeness (QED) is 0.908. The van der Waals surface area contributed by atoms with Crippen LogP contribution in [0.15, 0.2) is 30.3 Å². The van der Waals surface area contributed by atoms with Gasteiger partial charge in [0.2, 0.25) is 5.91 Å². The fourth-order valence-electron chi connectivity index (χ4n) is 3.14. The van der Waals surface area contributed by atoms with E-state index >= 15 is 0 Å². The fourth-order valence-corrected chi connectivity index (χ4v) is 3.14. The summed E-state index contributed by atoms with van der Waals surface area (Å²) < 4.78 is 0. The average molecular weight is 311 g/mol. The molecule has 21 heavy (non-hydrogen) atoms. The number of likely N-dealkylation sites (tertiary alicyclic amines) is 1. The molecule has 1 heterocycles. The number of nitrogens with two attached hydrogens (primary N) is 1. The maximum atomic E-state index is 12.5. The highest BCUT2D eigenvalue weighted by atomic mass is 35.5. The molecule has 2 rings (SSSR count). The topological polar surface area (TPSA) is 46.3 Å². The molecule has 0 bridgehead atoms. The lowest BCUT2D eigenvalue weighted by Crippen LogP contribution is -2.44. The standard InChI is InChI=1S/C17H26N2O.ClH/c1-3-17(4-2)10-11-19(13-17)16(20)15(18)12-14-8-6-5-7-9-14;/h5-9,15H,3-4,10-13,18H2,1-2H3;1H/t15-;/m0./s1. The van der Waals surface area contributed by atoms with Crippen molar-refractivity contribution in [1.29, 1.82) is 0 Å². The van der Waals surface area contributed by atoms with Crippen molar-refractivity contribution in [3.05, 3.63) is 35.9 Å². The summed E-state index contributed by atoms with van der Waals surface area (Å²) in [7, 11) is 0. The molecular weight excluding hydrogens is 284 g/mol. The number of nitrogens with zero attached hydrogens (tertiary/aromatic N) is 1. The molecule has 1 amide bonds. The van der Waals surface area contributed by atoms with Gasteiger partial charge in [-0.3, -0.25) is 4.79 Å². The summed E-state index contributed by atoms with van der Waals surface area (Å²) in [6.07, 6.45) is 4.02. The normalized spacial score (nSPS) is 18.1. The minimum atomic E-state index is -0.415. The maximum Gasteiger partial charge on any atom is 0.239 e. The Bertz CT molecular complexity index is 445. The lowest BCUT2D eigenvalue weighted by Gasteiger charge is -2.27. The van der Waals surface area contributed by atoms with Crippen LogP contribution in [0.1, 0.15) is 38.7 Å². The Morgan fingerprint density at radius 3 is 2.43 bits per heavy atom. The zero-order chi connectivity index (χ0) is 14.6. The SMILES string of the molecule is CCC1(CC)CCN(C(=O)[C@@H](N)Cc2ccccc2)C1.Cl. The van der Waals surface area contributed by atoms with E-state index in [1.807, 2.05) is 35.2 Å². The van der Waals surface area contributed by atoms with Crippen molar-refractivity contribution in [3.63, 3.8) is 0 Å².